The highest BCUT2D eigenvalue weighted by molar-refractivity contribution is 8.31. The van der Waals surface area contributed by atoms with Gasteiger partial charge in [-0.15, -0.1) is 0 Å². The van der Waals surface area contributed by atoms with Crippen molar-refractivity contribution >= 4 is 32.5 Å². The number of benzene rings is 1. The quantitative estimate of drug-likeness (QED) is 0.753. The van der Waals surface area contributed by atoms with Crippen molar-refractivity contribution in [1.82, 2.24) is 9.80 Å². The molecule has 27 heavy (non-hydrogen) atoms. The summed E-state index contributed by atoms with van der Waals surface area (Å²) in [6.07, 6.45) is 1.45. The summed E-state index contributed by atoms with van der Waals surface area (Å²) in [6, 6.07) is 5.63. The zero-order valence-electron chi connectivity index (χ0n) is 15.8. The lowest BCUT2D eigenvalue weighted by molar-refractivity contribution is -0.159. The molecule has 4 unspecified atom stereocenters. The van der Waals surface area contributed by atoms with Gasteiger partial charge in [-0.25, -0.2) is 0 Å². The van der Waals surface area contributed by atoms with Crippen LogP contribution in [0.5, 0.6) is 11.5 Å². The Hall–Kier alpha value is -1.67. The molecule has 1 aromatic carbocycles. The van der Waals surface area contributed by atoms with E-state index in [4.69, 9.17) is 20.7 Å². The fourth-order valence-electron chi connectivity index (χ4n) is 5.25. The SMILES string of the molecule is CC[C@@]1(C)CC23C(=O)N(C)C(C)(C(=O)N2C1c1ccc2c(c1)OCO2)S3=S. The van der Waals surface area contributed by atoms with Gasteiger partial charge < -0.3 is 19.3 Å². The Bertz CT molecular complexity index is 936. The molecule has 2 bridgehead atoms. The van der Waals surface area contributed by atoms with Crippen LogP contribution >= 0.6 is 0 Å². The van der Waals surface area contributed by atoms with E-state index in [9.17, 15) is 9.59 Å². The molecular weight excluding hydrogens is 384 g/mol. The van der Waals surface area contributed by atoms with Gasteiger partial charge in [-0.05, 0) is 54.1 Å². The van der Waals surface area contributed by atoms with Crippen molar-refractivity contribution in [2.45, 2.75) is 49.4 Å². The maximum Gasteiger partial charge on any atom is 0.261 e. The van der Waals surface area contributed by atoms with Crippen LogP contribution in [0, 0.1) is 5.41 Å². The minimum absolute atomic E-state index is 0.00847. The molecule has 5 rings (SSSR count). The maximum atomic E-state index is 13.6. The largest absolute Gasteiger partial charge is 0.454 e. The fourth-order valence-corrected chi connectivity index (χ4v) is 8.80. The van der Waals surface area contributed by atoms with E-state index in [2.05, 4.69) is 13.8 Å². The molecule has 144 valence electrons. The van der Waals surface area contributed by atoms with Crippen LogP contribution in [0.1, 0.15) is 45.2 Å². The van der Waals surface area contributed by atoms with Crippen LogP contribution in [0.15, 0.2) is 18.2 Å². The molecule has 1 aromatic rings. The summed E-state index contributed by atoms with van der Waals surface area (Å²) in [4.78, 5) is 28.5. The molecule has 8 heteroatoms. The van der Waals surface area contributed by atoms with Gasteiger partial charge in [-0.1, -0.05) is 29.4 Å². The van der Waals surface area contributed by atoms with Gasteiger partial charge in [0.15, 0.2) is 21.2 Å². The Morgan fingerprint density at radius 3 is 2.63 bits per heavy atom. The first kappa shape index (κ1) is 17.4. The van der Waals surface area contributed by atoms with Gasteiger partial charge >= 0.3 is 0 Å². The summed E-state index contributed by atoms with van der Waals surface area (Å²) < 4.78 is 11.0. The first-order chi connectivity index (χ1) is 12.7. The predicted octanol–water partition coefficient (Wildman–Crippen LogP) is 2.08. The second-order valence-electron chi connectivity index (χ2n) is 8.27. The smallest absolute Gasteiger partial charge is 0.261 e. The minimum atomic E-state index is -0.921. The van der Waals surface area contributed by atoms with Crippen molar-refractivity contribution in [3.63, 3.8) is 0 Å². The van der Waals surface area contributed by atoms with Crippen LogP contribution in [0.3, 0.4) is 0 Å². The average molecular weight is 407 g/mol. The topological polar surface area (TPSA) is 59.1 Å². The third-order valence-electron chi connectivity index (χ3n) is 7.03. The fraction of sp³-hybridized carbons (Fsp3) is 0.579. The zero-order chi connectivity index (χ0) is 19.4. The number of fused-ring (bicyclic) bond motifs is 2. The Morgan fingerprint density at radius 2 is 1.93 bits per heavy atom. The molecule has 0 aliphatic carbocycles. The minimum Gasteiger partial charge on any atom is -0.454 e. The number of likely N-dealkylation sites (N-methyl/N-ethyl adjacent to an activating group) is 1. The third-order valence-corrected chi connectivity index (χ3v) is 11.1. The van der Waals surface area contributed by atoms with Gasteiger partial charge in [0.2, 0.25) is 6.79 Å². The highest BCUT2D eigenvalue weighted by Gasteiger charge is 2.80. The van der Waals surface area contributed by atoms with Gasteiger partial charge in [0.05, 0.1) is 6.04 Å². The number of hydrogen-bond acceptors (Lipinski definition) is 5. The molecule has 3 fully saturated rings. The van der Waals surface area contributed by atoms with Gasteiger partial charge in [-0.3, -0.25) is 9.59 Å². The third kappa shape index (κ3) is 1.71. The number of amides is 2. The van der Waals surface area contributed by atoms with Crippen LogP contribution in [0.2, 0.25) is 0 Å². The van der Waals surface area contributed by atoms with Crippen molar-refractivity contribution in [3.8, 4) is 11.5 Å². The molecule has 0 aromatic heterocycles. The second-order valence-corrected chi connectivity index (χ2v) is 11.3. The van der Waals surface area contributed by atoms with Gasteiger partial charge in [0.25, 0.3) is 11.8 Å². The molecule has 0 saturated carbocycles. The lowest BCUT2D eigenvalue weighted by Crippen LogP contribution is -2.60. The van der Waals surface area contributed by atoms with Crippen LogP contribution in [0.25, 0.3) is 0 Å². The Morgan fingerprint density at radius 1 is 1.22 bits per heavy atom. The number of carbonyl (C=O) groups excluding carboxylic acids is 2. The molecule has 1 spiro atoms. The van der Waals surface area contributed by atoms with Crippen molar-refractivity contribution in [1.29, 1.82) is 0 Å². The molecule has 4 aliphatic rings. The summed E-state index contributed by atoms with van der Waals surface area (Å²) in [5.74, 6) is 1.37. The van der Waals surface area contributed by atoms with E-state index in [-0.39, 0.29) is 30.1 Å². The predicted molar refractivity (Wildman–Crippen MR) is 104 cm³/mol. The van der Waals surface area contributed by atoms with E-state index in [0.29, 0.717) is 17.9 Å². The number of nitrogens with zero attached hydrogens (tertiary/aromatic N) is 2. The van der Waals surface area contributed by atoms with Crippen LogP contribution in [-0.2, 0) is 30.2 Å². The highest BCUT2D eigenvalue weighted by atomic mass is 32.8. The highest BCUT2D eigenvalue weighted by Crippen LogP contribution is 2.66. The van der Waals surface area contributed by atoms with Crippen molar-refractivity contribution in [3.05, 3.63) is 23.8 Å². The van der Waals surface area contributed by atoms with Crippen LogP contribution < -0.4 is 9.47 Å². The summed E-state index contributed by atoms with van der Waals surface area (Å²) in [5, 5.41) is 0. The lowest BCUT2D eigenvalue weighted by Gasteiger charge is -2.41. The van der Waals surface area contributed by atoms with E-state index in [1.807, 2.05) is 30.0 Å². The van der Waals surface area contributed by atoms with E-state index >= 15 is 0 Å². The molecular formula is C19H22N2O4S2. The van der Waals surface area contributed by atoms with Crippen LogP contribution in [-0.4, -0.2) is 45.2 Å². The summed E-state index contributed by atoms with van der Waals surface area (Å²) in [5.41, 5.74) is 0.739. The molecule has 4 heterocycles. The Balaban J connectivity index is 1.72. The number of ether oxygens (including phenoxy) is 2. The van der Waals surface area contributed by atoms with Crippen LogP contribution in [0.4, 0.5) is 0 Å². The maximum absolute atomic E-state index is 13.6. The summed E-state index contributed by atoms with van der Waals surface area (Å²) in [7, 11) is 0.923. The van der Waals surface area contributed by atoms with Gasteiger partial charge in [0.1, 0.15) is 0 Å². The first-order valence-electron chi connectivity index (χ1n) is 9.15. The lowest BCUT2D eigenvalue weighted by atomic mass is 9.76. The normalized spacial score (nSPS) is 41.6. The van der Waals surface area contributed by atoms with Crippen molar-refractivity contribution in [2.75, 3.05) is 13.8 Å². The summed E-state index contributed by atoms with van der Waals surface area (Å²) >= 11 is 5.87. The van der Waals surface area contributed by atoms with Gasteiger partial charge in [-0.2, -0.15) is 0 Å². The van der Waals surface area contributed by atoms with E-state index in [0.717, 1.165) is 12.0 Å². The monoisotopic (exact) mass is 406 g/mol. The molecule has 6 nitrogen and oxygen atoms in total. The zero-order valence-corrected chi connectivity index (χ0v) is 17.4. The molecule has 0 N–H and O–H groups in total. The molecule has 3 saturated heterocycles. The van der Waals surface area contributed by atoms with E-state index in [1.165, 1.54) is 0 Å². The molecule has 4 aliphatic heterocycles. The van der Waals surface area contributed by atoms with Crippen molar-refractivity contribution < 1.29 is 19.1 Å². The van der Waals surface area contributed by atoms with E-state index < -0.39 is 19.2 Å². The molecule has 5 atom stereocenters. The Labute approximate surface area is 165 Å². The number of rotatable bonds is 2. The van der Waals surface area contributed by atoms with Crippen molar-refractivity contribution in [2.24, 2.45) is 5.41 Å². The van der Waals surface area contributed by atoms with Gasteiger partial charge in [0, 0.05) is 7.05 Å². The number of carbonyl (C=O) groups is 2. The second kappa shape index (κ2) is 5.03. The Kier molecular flexibility index (Phi) is 3.24. The molecule has 0 radical (unpaired) electrons. The number of piperazine rings is 1. The standard InChI is InChI=1S/C19H22N2O4S2/c1-5-17(2)9-19-16(23)20(4)18(3,27(19)26)15(22)21(19)14(17)11-6-7-12-13(8-11)25-10-24-12/h6-8,14H,5,9-10H2,1-4H3/t14?,17-,18?,19?,27?/m0/s1. The molecule has 2 amide bonds. The first-order valence-corrected chi connectivity index (χ1v) is 11.3. The average Bonchev–Trinajstić information content (AvgIpc) is 3.31. The van der Waals surface area contributed by atoms with E-state index in [1.54, 1.807) is 11.9 Å². The summed E-state index contributed by atoms with van der Waals surface area (Å²) in [6.45, 7) is 6.32. The number of hydrogen-bond donors (Lipinski definition) is 0.